The summed E-state index contributed by atoms with van der Waals surface area (Å²) in [6.07, 6.45) is 3.76. The molecule has 0 saturated carbocycles. The van der Waals surface area contributed by atoms with Gasteiger partial charge in [-0.05, 0) is 54.1 Å². The van der Waals surface area contributed by atoms with Gasteiger partial charge in [0.15, 0.2) is 5.78 Å². The van der Waals surface area contributed by atoms with Crippen LogP contribution in [0, 0.1) is 11.8 Å². The molecule has 2 amide bonds. The predicted molar refractivity (Wildman–Crippen MR) is 163 cm³/mol. The fourth-order valence-corrected chi connectivity index (χ4v) is 6.78. The SMILES string of the molecule is O=C(c1ccccc1)c1ccc(OC(=O)[C@@H]2[C@@H]3C(=O)N(c4ccc(Cl)cc4Cl)C(=O)[C@@H]3[C@@H]3C=Cc4ccccc4N23)cc1. The predicted octanol–water partition coefficient (Wildman–Crippen LogP) is 6.22. The molecule has 43 heavy (non-hydrogen) atoms. The topological polar surface area (TPSA) is 84.0 Å². The summed E-state index contributed by atoms with van der Waals surface area (Å²) in [5.41, 5.74) is 2.79. The minimum absolute atomic E-state index is 0.153. The van der Waals surface area contributed by atoms with Crippen LogP contribution in [0.5, 0.6) is 5.75 Å². The van der Waals surface area contributed by atoms with Gasteiger partial charge in [-0.3, -0.25) is 14.4 Å². The molecule has 7 rings (SSSR count). The van der Waals surface area contributed by atoms with Crippen molar-refractivity contribution < 1.29 is 23.9 Å². The van der Waals surface area contributed by atoms with Crippen LogP contribution in [0.15, 0.2) is 103 Å². The second-order valence-corrected chi connectivity index (χ2v) is 11.4. The quantitative estimate of drug-likeness (QED) is 0.116. The number of ether oxygens (including phenoxy) is 1. The van der Waals surface area contributed by atoms with Crippen LogP contribution < -0.4 is 14.5 Å². The van der Waals surface area contributed by atoms with E-state index in [9.17, 15) is 19.2 Å². The first-order valence-corrected chi connectivity index (χ1v) is 14.4. The van der Waals surface area contributed by atoms with E-state index in [0.29, 0.717) is 16.1 Å². The maximum Gasteiger partial charge on any atom is 0.335 e. The van der Waals surface area contributed by atoms with Gasteiger partial charge in [0.1, 0.15) is 11.8 Å². The van der Waals surface area contributed by atoms with E-state index in [1.54, 1.807) is 54.6 Å². The third-order valence-corrected chi connectivity index (χ3v) is 8.72. The van der Waals surface area contributed by atoms with Crippen molar-refractivity contribution >= 4 is 64.2 Å². The van der Waals surface area contributed by atoms with E-state index in [-0.39, 0.29) is 22.2 Å². The molecule has 212 valence electrons. The number of imide groups is 1. The number of halogens is 2. The van der Waals surface area contributed by atoms with Gasteiger partial charge in [-0.15, -0.1) is 0 Å². The number of carbonyl (C=O) groups is 4. The van der Waals surface area contributed by atoms with Crippen LogP contribution >= 0.6 is 23.2 Å². The van der Waals surface area contributed by atoms with Crippen molar-refractivity contribution in [2.24, 2.45) is 11.8 Å². The van der Waals surface area contributed by atoms with Gasteiger partial charge < -0.3 is 9.64 Å². The molecule has 3 aliphatic rings. The molecular weight excluding hydrogens is 587 g/mol. The lowest BCUT2D eigenvalue weighted by molar-refractivity contribution is -0.139. The Morgan fingerprint density at radius 2 is 1.40 bits per heavy atom. The molecule has 2 fully saturated rings. The zero-order valence-electron chi connectivity index (χ0n) is 22.4. The van der Waals surface area contributed by atoms with Crippen molar-refractivity contribution in [2.45, 2.75) is 12.1 Å². The lowest BCUT2D eigenvalue weighted by Gasteiger charge is -2.36. The van der Waals surface area contributed by atoms with Crippen LogP contribution in [-0.4, -0.2) is 35.7 Å². The third-order valence-electron chi connectivity index (χ3n) is 8.18. The highest BCUT2D eigenvalue weighted by atomic mass is 35.5. The zero-order chi connectivity index (χ0) is 29.8. The maximum absolute atomic E-state index is 14.0. The van der Waals surface area contributed by atoms with E-state index in [0.717, 1.165) is 16.2 Å². The van der Waals surface area contributed by atoms with E-state index in [1.807, 2.05) is 47.4 Å². The average Bonchev–Trinajstić information content (AvgIpc) is 3.50. The van der Waals surface area contributed by atoms with Gasteiger partial charge in [0.05, 0.1) is 28.6 Å². The van der Waals surface area contributed by atoms with Gasteiger partial charge in [-0.2, -0.15) is 0 Å². The molecule has 2 saturated heterocycles. The normalized spacial score (nSPS) is 21.8. The number of anilines is 2. The van der Waals surface area contributed by atoms with E-state index in [1.165, 1.54) is 12.1 Å². The number of hydrogen-bond donors (Lipinski definition) is 0. The monoisotopic (exact) mass is 608 g/mol. The summed E-state index contributed by atoms with van der Waals surface area (Å²) < 4.78 is 5.83. The molecule has 4 aromatic rings. The summed E-state index contributed by atoms with van der Waals surface area (Å²) in [5, 5.41) is 0.517. The highest BCUT2D eigenvalue weighted by molar-refractivity contribution is 6.38. The number of para-hydroxylation sites is 1. The van der Waals surface area contributed by atoms with E-state index in [4.69, 9.17) is 27.9 Å². The molecular formula is C34H22Cl2N2O5. The maximum atomic E-state index is 14.0. The van der Waals surface area contributed by atoms with Gasteiger partial charge in [-0.1, -0.05) is 83.9 Å². The van der Waals surface area contributed by atoms with Gasteiger partial charge in [0.2, 0.25) is 11.8 Å². The van der Waals surface area contributed by atoms with Gasteiger partial charge >= 0.3 is 5.97 Å². The van der Waals surface area contributed by atoms with Crippen molar-refractivity contribution in [2.75, 3.05) is 9.80 Å². The summed E-state index contributed by atoms with van der Waals surface area (Å²) in [4.78, 5) is 57.6. The molecule has 0 aliphatic carbocycles. The Bertz CT molecular complexity index is 1840. The summed E-state index contributed by atoms with van der Waals surface area (Å²) in [6.45, 7) is 0. The summed E-state index contributed by atoms with van der Waals surface area (Å²) in [5.74, 6) is -3.48. The number of fused-ring (bicyclic) bond motifs is 5. The van der Waals surface area contributed by atoms with Crippen molar-refractivity contribution in [1.82, 2.24) is 0 Å². The smallest absolute Gasteiger partial charge is 0.335 e. The number of amides is 2. The lowest BCUT2D eigenvalue weighted by atomic mass is 9.89. The number of carbonyl (C=O) groups excluding carboxylic acids is 4. The summed E-state index contributed by atoms with van der Waals surface area (Å²) in [7, 11) is 0. The van der Waals surface area contributed by atoms with Gasteiger partial charge in [0.25, 0.3) is 0 Å². The fourth-order valence-electron chi connectivity index (χ4n) is 6.29. The molecule has 4 atom stereocenters. The number of benzene rings is 4. The Kier molecular flexibility index (Phi) is 6.64. The van der Waals surface area contributed by atoms with E-state index in [2.05, 4.69) is 0 Å². The molecule has 3 aliphatic heterocycles. The van der Waals surface area contributed by atoms with Crippen LogP contribution in [0.2, 0.25) is 10.0 Å². The zero-order valence-corrected chi connectivity index (χ0v) is 23.9. The standard InChI is InChI=1S/C34H22Cl2N2O5/c35-22-13-17-26(24(36)18-22)38-32(40)28-27-16-12-19-6-4-5-9-25(19)37(27)30(29(28)33(38)41)34(42)43-23-14-10-21(11-15-23)31(39)20-7-2-1-3-8-20/h1-18,27-30H/t27-,28+,29+,30-/m0/s1. The van der Waals surface area contributed by atoms with Crippen molar-refractivity contribution in [3.05, 3.63) is 130 Å². The molecule has 9 heteroatoms. The van der Waals surface area contributed by atoms with Crippen LogP contribution in [0.3, 0.4) is 0 Å². The van der Waals surface area contributed by atoms with E-state index < -0.39 is 41.7 Å². The highest BCUT2D eigenvalue weighted by Crippen LogP contribution is 2.50. The van der Waals surface area contributed by atoms with Gasteiger partial charge in [-0.25, -0.2) is 9.69 Å². The molecule has 0 aromatic heterocycles. The Hall–Kier alpha value is -4.72. The summed E-state index contributed by atoms with van der Waals surface area (Å²) >= 11 is 12.5. The first kappa shape index (κ1) is 27.1. The molecule has 0 bridgehead atoms. The largest absolute Gasteiger partial charge is 0.425 e. The lowest BCUT2D eigenvalue weighted by Crippen LogP contribution is -2.50. The van der Waals surface area contributed by atoms with E-state index >= 15 is 0 Å². The second kappa shape index (κ2) is 10.5. The minimum Gasteiger partial charge on any atom is -0.425 e. The van der Waals surface area contributed by atoms with Crippen molar-refractivity contribution in [1.29, 1.82) is 0 Å². The molecule has 4 aromatic carbocycles. The molecule has 0 radical (unpaired) electrons. The minimum atomic E-state index is -1.10. The van der Waals surface area contributed by atoms with Crippen LogP contribution in [-0.2, 0) is 14.4 Å². The Morgan fingerprint density at radius 1 is 0.721 bits per heavy atom. The first-order chi connectivity index (χ1) is 20.8. The fraction of sp³-hybridized carbons (Fsp3) is 0.118. The van der Waals surface area contributed by atoms with Gasteiger partial charge in [0, 0.05) is 21.8 Å². The average molecular weight is 609 g/mol. The third kappa shape index (κ3) is 4.44. The van der Waals surface area contributed by atoms with Crippen LogP contribution in [0.4, 0.5) is 11.4 Å². The van der Waals surface area contributed by atoms with Crippen LogP contribution in [0.25, 0.3) is 6.08 Å². The highest BCUT2D eigenvalue weighted by Gasteiger charge is 2.65. The second-order valence-electron chi connectivity index (χ2n) is 10.6. The number of rotatable bonds is 5. The van der Waals surface area contributed by atoms with Crippen molar-refractivity contribution in [3.8, 4) is 5.75 Å². The molecule has 0 N–H and O–H groups in total. The molecule has 0 unspecified atom stereocenters. The number of nitrogens with zero attached hydrogens (tertiary/aromatic N) is 2. The Morgan fingerprint density at radius 3 is 2.14 bits per heavy atom. The van der Waals surface area contributed by atoms with Crippen molar-refractivity contribution in [3.63, 3.8) is 0 Å². The molecule has 7 nitrogen and oxygen atoms in total. The number of ketones is 1. The number of esters is 1. The molecule has 0 spiro atoms. The van der Waals surface area contributed by atoms with Crippen LogP contribution in [0.1, 0.15) is 21.5 Å². The molecule has 3 heterocycles. The first-order valence-electron chi connectivity index (χ1n) is 13.6. The Labute approximate surface area is 256 Å². The Balaban J connectivity index is 1.23. The summed E-state index contributed by atoms with van der Waals surface area (Å²) in [6, 6.07) is 25.5. The number of hydrogen-bond acceptors (Lipinski definition) is 6.